The molecular weight excluding hydrogens is 264 g/mol. The molecule has 0 aliphatic heterocycles. The van der Waals surface area contributed by atoms with Gasteiger partial charge in [-0.15, -0.1) is 0 Å². The second-order valence-corrected chi connectivity index (χ2v) is 5.39. The van der Waals surface area contributed by atoms with Crippen molar-refractivity contribution >= 4 is 0 Å². The number of benzene rings is 2. The number of rotatable bonds is 3. The first-order chi connectivity index (χ1) is 10.2. The Labute approximate surface area is 125 Å². The van der Waals surface area contributed by atoms with Crippen LogP contribution in [0.1, 0.15) is 30.1 Å². The molecule has 0 fully saturated rings. The maximum atomic E-state index is 10.1. The normalized spacial score (nSPS) is 17.2. The fourth-order valence-electron chi connectivity index (χ4n) is 2.99. The van der Waals surface area contributed by atoms with E-state index >= 15 is 0 Å². The molecule has 2 aromatic rings. The van der Waals surface area contributed by atoms with Crippen molar-refractivity contribution in [2.75, 3.05) is 14.2 Å². The SMILES string of the molecule is COc1ccc(-c2ccc3c(c2)CCCC3O)c(OC)c1. The Morgan fingerprint density at radius 1 is 1.05 bits per heavy atom. The van der Waals surface area contributed by atoms with E-state index in [2.05, 4.69) is 12.1 Å². The van der Waals surface area contributed by atoms with E-state index in [0.717, 1.165) is 47.5 Å². The maximum Gasteiger partial charge on any atom is 0.130 e. The van der Waals surface area contributed by atoms with Crippen molar-refractivity contribution in [3.05, 3.63) is 47.5 Å². The van der Waals surface area contributed by atoms with Crippen LogP contribution in [0.15, 0.2) is 36.4 Å². The van der Waals surface area contributed by atoms with Gasteiger partial charge in [-0.2, -0.15) is 0 Å². The summed E-state index contributed by atoms with van der Waals surface area (Å²) >= 11 is 0. The summed E-state index contributed by atoms with van der Waals surface area (Å²) in [5.74, 6) is 1.58. The van der Waals surface area contributed by atoms with E-state index < -0.39 is 0 Å². The van der Waals surface area contributed by atoms with Crippen LogP contribution >= 0.6 is 0 Å². The van der Waals surface area contributed by atoms with Crippen molar-refractivity contribution in [1.29, 1.82) is 0 Å². The lowest BCUT2D eigenvalue weighted by Gasteiger charge is -2.22. The molecule has 0 heterocycles. The summed E-state index contributed by atoms with van der Waals surface area (Å²) in [4.78, 5) is 0. The number of aryl methyl sites for hydroxylation is 1. The zero-order chi connectivity index (χ0) is 14.8. The lowest BCUT2D eigenvalue weighted by Crippen LogP contribution is -2.09. The first kappa shape index (κ1) is 14.0. The van der Waals surface area contributed by atoms with Gasteiger partial charge in [0.1, 0.15) is 11.5 Å². The highest BCUT2D eigenvalue weighted by Crippen LogP contribution is 2.37. The molecule has 0 saturated heterocycles. The van der Waals surface area contributed by atoms with Gasteiger partial charge in [0.2, 0.25) is 0 Å². The molecule has 0 spiro atoms. The van der Waals surface area contributed by atoms with E-state index in [0.29, 0.717) is 0 Å². The second-order valence-electron chi connectivity index (χ2n) is 5.39. The van der Waals surface area contributed by atoms with Crippen molar-refractivity contribution in [3.63, 3.8) is 0 Å². The third kappa shape index (κ3) is 2.61. The monoisotopic (exact) mass is 284 g/mol. The number of hydrogen-bond acceptors (Lipinski definition) is 3. The zero-order valence-electron chi connectivity index (χ0n) is 12.4. The van der Waals surface area contributed by atoms with Crippen LogP contribution in [0.2, 0.25) is 0 Å². The Hall–Kier alpha value is -2.00. The molecule has 2 aromatic carbocycles. The van der Waals surface area contributed by atoms with Crippen LogP contribution in [-0.2, 0) is 6.42 Å². The molecule has 1 aliphatic rings. The van der Waals surface area contributed by atoms with Crippen LogP contribution in [0.25, 0.3) is 11.1 Å². The maximum absolute atomic E-state index is 10.1. The summed E-state index contributed by atoms with van der Waals surface area (Å²) in [6.07, 6.45) is 2.61. The molecule has 0 saturated carbocycles. The van der Waals surface area contributed by atoms with Gasteiger partial charge in [0, 0.05) is 11.6 Å². The van der Waals surface area contributed by atoms with Crippen LogP contribution in [0, 0.1) is 0 Å². The average Bonchev–Trinajstić information content (AvgIpc) is 2.54. The molecule has 110 valence electrons. The van der Waals surface area contributed by atoms with E-state index in [4.69, 9.17) is 9.47 Å². The van der Waals surface area contributed by atoms with Gasteiger partial charge in [-0.25, -0.2) is 0 Å². The molecule has 1 atom stereocenters. The van der Waals surface area contributed by atoms with Crippen LogP contribution in [0.4, 0.5) is 0 Å². The Bertz CT molecular complexity index is 649. The number of hydrogen-bond donors (Lipinski definition) is 1. The summed E-state index contributed by atoms with van der Waals surface area (Å²) < 4.78 is 10.7. The van der Waals surface area contributed by atoms with Crippen molar-refractivity contribution in [2.24, 2.45) is 0 Å². The van der Waals surface area contributed by atoms with Gasteiger partial charge in [0.05, 0.1) is 20.3 Å². The number of methoxy groups -OCH3 is 2. The minimum atomic E-state index is -0.319. The molecule has 0 bridgehead atoms. The van der Waals surface area contributed by atoms with Crippen LogP contribution < -0.4 is 9.47 Å². The second kappa shape index (κ2) is 5.78. The quantitative estimate of drug-likeness (QED) is 0.933. The Balaban J connectivity index is 2.05. The predicted octanol–water partition coefficient (Wildman–Crippen LogP) is 3.74. The van der Waals surface area contributed by atoms with Crippen LogP contribution in [0.3, 0.4) is 0 Å². The van der Waals surface area contributed by atoms with Crippen LogP contribution in [0.5, 0.6) is 11.5 Å². The predicted molar refractivity (Wildman–Crippen MR) is 82.9 cm³/mol. The number of aliphatic hydroxyl groups is 1. The highest BCUT2D eigenvalue weighted by atomic mass is 16.5. The molecule has 1 N–H and O–H groups in total. The number of ether oxygens (including phenoxy) is 2. The molecule has 1 unspecified atom stereocenters. The van der Waals surface area contributed by atoms with E-state index in [-0.39, 0.29) is 6.10 Å². The molecule has 0 amide bonds. The van der Waals surface area contributed by atoms with Gasteiger partial charge < -0.3 is 14.6 Å². The number of aliphatic hydroxyl groups excluding tert-OH is 1. The average molecular weight is 284 g/mol. The van der Waals surface area contributed by atoms with E-state index in [9.17, 15) is 5.11 Å². The molecule has 3 heteroatoms. The Morgan fingerprint density at radius 2 is 1.90 bits per heavy atom. The summed E-state index contributed by atoms with van der Waals surface area (Å²) in [7, 11) is 3.31. The molecular formula is C18H20O3. The first-order valence-corrected chi connectivity index (χ1v) is 7.26. The van der Waals surface area contributed by atoms with Crippen molar-refractivity contribution in [3.8, 4) is 22.6 Å². The third-order valence-electron chi connectivity index (χ3n) is 4.15. The van der Waals surface area contributed by atoms with Gasteiger partial charge in [-0.1, -0.05) is 18.2 Å². The van der Waals surface area contributed by atoms with E-state index in [1.54, 1.807) is 14.2 Å². The van der Waals surface area contributed by atoms with E-state index in [1.807, 2.05) is 24.3 Å². The molecule has 3 nitrogen and oxygen atoms in total. The topological polar surface area (TPSA) is 38.7 Å². The van der Waals surface area contributed by atoms with Gasteiger partial charge in [0.15, 0.2) is 0 Å². The molecule has 0 aromatic heterocycles. The molecule has 3 rings (SSSR count). The molecule has 0 radical (unpaired) electrons. The van der Waals surface area contributed by atoms with E-state index in [1.165, 1.54) is 5.56 Å². The summed E-state index contributed by atoms with van der Waals surface area (Å²) in [6, 6.07) is 12.1. The summed E-state index contributed by atoms with van der Waals surface area (Å²) in [5.41, 5.74) is 4.46. The van der Waals surface area contributed by atoms with Crippen LogP contribution in [-0.4, -0.2) is 19.3 Å². The largest absolute Gasteiger partial charge is 0.497 e. The van der Waals surface area contributed by atoms with Gasteiger partial charge >= 0.3 is 0 Å². The smallest absolute Gasteiger partial charge is 0.130 e. The highest BCUT2D eigenvalue weighted by molar-refractivity contribution is 5.72. The standard InChI is InChI=1S/C18H20O3/c1-20-14-7-9-16(18(11-14)21-2)13-6-8-15-12(10-13)4-3-5-17(15)19/h6-11,17,19H,3-5H2,1-2H3. The minimum Gasteiger partial charge on any atom is -0.497 e. The van der Waals surface area contributed by atoms with Gasteiger partial charge in [-0.05, 0) is 48.1 Å². The zero-order valence-corrected chi connectivity index (χ0v) is 12.4. The fourth-order valence-corrected chi connectivity index (χ4v) is 2.99. The minimum absolute atomic E-state index is 0.319. The van der Waals surface area contributed by atoms with Gasteiger partial charge in [-0.3, -0.25) is 0 Å². The summed E-state index contributed by atoms with van der Waals surface area (Å²) in [6.45, 7) is 0. The van der Waals surface area contributed by atoms with Crippen molar-refractivity contribution in [2.45, 2.75) is 25.4 Å². The van der Waals surface area contributed by atoms with Gasteiger partial charge in [0.25, 0.3) is 0 Å². The molecule has 21 heavy (non-hydrogen) atoms. The third-order valence-corrected chi connectivity index (χ3v) is 4.15. The lowest BCUT2D eigenvalue weighted by atomic mass is 9.87. The first-order valence-electron chi connectivity index (χ1n) is 7.26. The summed E-state index contributed by atoms with van der Waals surface area (Å²) in [5, 5.41) is 10.1. The van der Waals surface area contributed by atoms with Crippen molar-refractivity contribution < 1.29 is 14.6 Å². The number of fused-ring (bicyclic) bond motifs is 1. The fraction of sp³-hybridized carbons (Fsp3) is 0.333. The Morgan fingerprint density at radius 3 is 2.67 bits per heavy atom. The highest BCUT2D eigenvalue weighted by Gasteiger charge is 2.18. The lowest BCUT2D eigenvalue weighted by molar-refractivity contribution is 0.156. The van der Waals surface area contributed by atoms with Crippen molar-refractivity contribution in [1.82, 2.24) is 0 Å². The molecule has 1 aliphatic carbocycles. The Kier molecular flexibility index (Phi) is 3.84.